The topological polar surface area (TPSA) is 26.8 Å². The zero-order valence-corrected chi connectivity index (χ0v) is 19.1. The molecule has 1 aliphatic carbocycles. The molecule has 31 heavy (non-hydrogen) atoms. The molecule has 1 saturated heterocycles. The first-order chi connectivity index (χ1) is 15.1. The quantitative estimate of drug-likeness (QED) is 0.752. The molecule has 0 atom stereocenters. The van der Waals surface area contributed by atoms with Gasteiger partial charge in [0.15, 0.2) is 0 Å². The number of carbonyl (C=O) groups is 1. The highest BCUT2D eigenvalue weighted by Crippen LogP contribution is 2.28. The Bertz CT molecular complexity index is 957. The molecule has 1 amide bonds. The van der Waals surface area contributed by atoms with Gasteiger partial charge in [0.2, 0.25) is 5.91 Å². The third-order valence-corrected chi connectivity index (χ3v) is 7.75. The molecule has 2 fully saturated rings. The molecule has 0 aromatic heterocycles. The van der Waals surface area contributed by atoms with Gasteiger partial charge in [0.25, 0.3) is 0 Å². The summed E-state index contributed by atoms with van der Waals surface area (Å²) in [6, 6.07) is 14.4. The lowest BCUT2D eigenvalue weighted by Crippen LogP contribution is -2.55. The van der Waals surface area contributed by atoms with E-state index < -0.39 is 0 Å². The van der Waals surface area contributed by atoms with E-state index in [0.29, 0.717) is 12.5 Å². The van der Waals surface area contributed by atoms with Crippen molar-refractivity contribution in [2.24, 2.45) is 0 Å². The Balaban J connectivity index is 1.18. The Morgan fingerprint density at radius 2 is 1.61 bits per heavy atom. The van der Waals surface area contributed by atoms with Crippen molar-refractivity contribution in [1.29, 1.82) is 0 Å². The molecule has 2 heterocycles. The van der Waals surface area contributed by atoms with Gasteiger partial charge < -0.3 is 4.90 Å². The van der Waals surface area contributed by atoms with Crippen LogP contribution in [-0.4, -0.2) is 65.9 Å². The Morgan fingerprint density at radius 3 is 2.32 bits per heavy atom. The van der Waals surface area contributed by atoms with Gasteiger partial charge in [0, 0.05) is 45.3 Å². The van der Waals surface area contributed by atoms with Gasteiger partial charge >= 0.3 is 0 Å². The average Bonchev–Trinajstić information content (AvgIpc) is 2.74. The summed E-state index contributed by atoms with van der Waals surface area (Å²) in [5, 5.41) is 0. The number of hydrogen-bond acceptors (Lipinski definition) is 3. The Kier molecular flexibility index (Phi) is 5.85. The summed E-state index contributed by atoms with van der Waals surface area (Å²) in [6.45, 7) is 10.7. The number of aryl methyl sites for hydroxylation is 2. The smallest absolute Gasteiger partial charge is 0.236 e. The van der Waals surface area contributed by atoms with Crippen LogP contribution in [0.3, 0.4) is 0 Å². The van der Waals surface area contributed by atoms with E-state index >= 15 is 0 Å². The number of hydrogen-bond donors (Lipinski definition) is 0. The van der Waals surface area contributed by atoms with Crippen LogP contribution >= 0.6 is 0 Å². The molecule has 0 N–H and O–H groups in total. The number of nitrogens with zero attached hydrogens (tertiary/aromatic N) is 3. The van der Waals surface area contributed by atoms with Crippen LogP contribution in [0.15, 0.2) is 36.4 Å². The third-order valence-electron chi connectivity index (χ3n) is 7.75. The standard InChI is InChI=1S/C27H35N3O/c1-20-6-7-22(16-21(20)2)23-8-9-25-18-28(11-10-24(25)17-23)19-27(31)30-14-12-29(13-15-30)26-4-3-5-26/h6-9,16-17,26H,3-5,10-15,18-19H2,1-2H3. The molecular weight excluding hydrogens is 382 g/mol. The van der Waals surface area contributed by atoms with Gasteiger partial charge in [-0.05, 0) is 66.5 Å². The maximum atomic E-state index is 12.9. The fraction of sp³-hybridized carbons (Fsp3) is 0.519. The molecule has 0 unspecified atom stereocenters. The van der Waals surface area contributed by atoms with Gasteiger partial charge in [-0.1, -0.05) is 42.8 Å². The average molecular weight is 418 g/mol. The molecule has 4 heteroatoms. The maximum Gasteiger partial charge on any atom is 0.236 e. The van der Waals surface area contributed by atoms with Crippen LogP contribution in [0.2, 0.25) is 0 Å². The second-order valence-electron chi connectivity index (χ2n) is 9.74. The molecule has 3 aliphatic rings. The summed E-state index contributed by atoms with van der Waals surface area (Å²) in [6.07, 6.45) is 5.11. The molecule has 5 rings (SSSR count). The van der Waals surface area contributed by atoms with Crippen molar-refractivity contribution in [3.05, 3.63) is 58.7 Å². The third kappa shape index (κ3) is 4.42. The first-order valence-corrected chi connectivity index (χ1v) is 12.0. The van der Waals surface area contributed by atoms with E-state index in [1.54, 1.807) is 0 Å². The van der Waals surface area contributed by atoms with Gasteiger partial charge in [-0.15, -0.1) is 0 Å². The highest BCUT2D eigenvalue weighted by molar-refractivity contribution is 5.78. The first kappa shape index (κ1) is 20.7. The molecule has 2 aliphatic heterocycles. The van der Waals surface area contributed by atoms with E-state index in [4.69, 9.17) is 0 Å². The lowest BCUT2D eigenvalue weighted by Gasteiger charge is -2.43. The SMILES string of the molecule is Cc1ccc(-c2ccc3c(c2)CCN(CC(=O)N2CCN(C4CCC4)CC2)C3)cc1C. The number of rotatable bonds is 4. The van der Waals surface area contributed by atoms with Crippen molar-refractivity contribution < 1.29 is 4.79 Å². The van der Waals surface area contributed by atoms with E-state index in [-0.39, 0.29) is 0 Å². The Morgan fingerprint density at radius 1 is 0.871 bits per heavy atom. The molecule has 0 bridgehead atoms. The second kappa shape index (κ2) is 8.76. The molecule has 0 spiro atoms. The van der Waals surface area contributed by atoms with Crippen LogP contribution in [0, 0.1) is 13.8 Å². The first-order valence-electron chi connectivity index (χ1n) is 12.0. The highest BCUT2D eigenvalue weighted by Gasteiger charge is 2.30. The number of piperazine rings is 1. The fourth-order valence-electron chi connectivity index (χ4n) is 5.23. The summed E-state index contributed by atoms with van der Waals surface area (Å²) in [4.78, 5) is 19.9. The van der Waals surface area contributed by atoms with Crippen LogP contribution in [0.1, 0.15) is 41.5 Å². The molecule has 2 aromatic rings. The van der Waals surface area contributed by atoms with Crippen molar-refractivity contribution in [3.8, 4) is 11.1 Å². The normalized spacial score (nSPS) is 20.4. The number of amides is 1. The molecule has 2 aromatic carbocycles. The molecule has 4 nitrogen and oxygen atoms in total. The minimum atomic E-state index is 0.309. The van der Waals surface area contributed by atoms with Gasteiger partial charge in [-0.2, -0.15) is 0 Å². The Hall–Kier alpha value is -2.17. The van der Waals surface area contributed by atoms with Gasteiger partial charge in [-0.25, -0.2) is 0 Å². The van der Waals surface area contributed by atoms with E-state index in [2.05, 4.69) is 64.9 Å². The number of carbonyl (C=O) groups excluding carboxylic acids is 1. The van der Waals surface area contributed by atoms with Gasteiger partial charge in [0.05, 0.1) is 6.54 Å². The minimum Gasteiger partial charge on any atom is -0.339 e. The highest BCUT2D eigenvalue weighted by atomic mass is 16.2. The minimum absolute atomic E-state index is 0.309. The number of benzene rings is 2. The summed E-state index contributed by atoms with van der Waals surface area (Å²) in [5.74, 6) is 0.309. The van der Waals surface area contributed by atoms with Gasteiger partial charge in [0.1, 0.15) is 0 Å². The molecule has 164 valence electrons. The summed E-state index contributed by atoms with van der Waals surface area (Å²) >= 11 is 0. The summed E-state index contributed by atoms with van der Waals surface area (Å²) in [7, 11) is 0. The second-order valence-corrected chi connectivity index (χ2v) is 9.74. The maximum absolute atomic E-state index is 12.9. The van der Waals surface area contributed by atoms with Crippen molar-refractivity contribution in [1.82, 2.24) is 14.7 Å². The van der Waals surface area contributed by atoms with E-state index in [9.17, 15) is 4.79 Å². The monoisotopic (exact) mass is 417 g/mol. The van der Waals surface area contributed by atoms with E-state index in [0.717, 1.165) is 51.7 Å². The van der Waals surface area contributed by atoms with E-state index in [1.165, 1.54) is 52.6 Å². The predicted molar refractivity (Wildman–Crippen MR) is 126 cm³/mol. The zero-order chi connectivity index (χ0) is 21.4. The largest absolute Gasteiger partial charge is 0.339 e. The van der Waals surface area contributed by atoms with Crippen molar-refractivity contribution in [3.63, 3.8) is 0 Å². The van der Waals surface area contributed by atoms with Crippen molar-refractivity contribution in [2.75, 3.05) is 39.3 Å². The van der Waals surface area contributed by atoms with Crippen LogP contribution in [-0.2, 0) is 17.8 Å². The van der Waals surface area contributed by atoms with E-state index in [1.807, 2.05) is 0 Å². The van der Waals surface area contributed by atoms with Crippen molar-refractivity contribution in [2.45, 2.75) is 52.1 Å². The lowest BCUT2D eigenvalue weighted by atomic mass is 9.91. The van der Waals surface area contributed by atoms with Crippen LogP contribution in [0.5, 0.6) is 0 Å². The summed E-state index contributed by atoms with van der Waals surface area (Å²) in [5.41, 5.74) is 8.09. The Labute approximate surface area is 186 Å². The van der Waals surface area contributed by atoms with Crippen LogP contribution in [0.4, 0.5) is 0 Å². The zero-order valence-electron chi connectivity index (χ0n) is 19.1. The summed E-state index contributed by atoms with van der Waals surface area (Å²) < 4.78 is 0. The van der Waals surface area contributed by atoms with Gasteiger partial charge in [-0.3, -0.25) is 14.6 Å². The fourth-order valence-corrected chi connectivity index (χ4v) is 5.23. The number of fused-ring (bicyclic) bond motifs is 1. The van der Waals surface area contributed by atoms with Crippen LogP contribution in [0.25, 0.3) is 11.1 Å². The molecular formula is C27H35N3O. The lowest BCUT2D eigenvalue weighted by molar-refractivity contribution is -0.135. The molecule has 1 saturated carbocycles. The van der Waals surface area contributed by atoms with Crippen LogP contribution < -0.4 is 0 Å². The van der Waals surface area contributed by atoms with Crippen molar-refractivity contribution >= 4 is 5.91 Å². The molecule has 0 radical (unpaired) electrons. The predicted octanol–water partition coefficient (Wildman–Crippen LogP) is 4.03.